The Bertz CT molecular complexity index is 479. The Morgan fingerprint density at radius 1 is 1.44 bits per heavy atom. The molecule has 0 N–H and O–H groups in total. The molecule has 84 valence electrons. The lowest BCUT2D eigenvalue weighted by Crippen LogP contribution is -2.04. The zero-order valence-electron chi connectivity index (χ0n) is 9.15. The zero-order valence-corrected chi connectivity index (χ0v) is 9.15. The van der Waals surface area contributed by atoms with Crippen molar-refractivity contribution in [2.24, 2.45) is 0 Å². The van der Waals surface area contributed by atoms with Crippen molar-refractivity contribution in [3.8, 4) is 11.5 Å². The van der Waals surface area contributed by atoms with Gasteiger partial charge in [-0.3, -0.25) is 0 Å². The number of furan rings is 2. The Morgan fingerprint density at radius 3 is 2.88 bits per heavy atom. The number of carbonyl (C=O) groups is 1. The smallest absolute Gasteiger partial charge is 0.341 e. The van der Waals surface area contributed by atoms with Crippen molar-refractivity contribution < 1.29 is 18.4 Å². The third-order valence-electron chi connectivity index (χ3n) is 2.18. The second kappa shape index (κ2) is 4.26. The number of esters is 1. The first-order valence-electron chi connectivity index (χ1n) is 5.03. The summed E-state index contributed by atoms with van der Waals surface area (Å²) in [5, 5.41) is 0. The molecule has 2 aromatic heterocycles. The molecule has 4 heteroatoms. The van der Waals surface area contributed by atoms with Crippen molar-refractivity contribution in [3.63, 3.8) is 0 Å². The number of hydrogen-bond donors (Lipinski definition) is 0. The van der Waals surface area contributed by atoms with Crippen LogP contribution in [0.25, 0.3) is 11.5 Å². The molecule has 4 nitrogen and oxygen atoms in total. The van der Waals surface area contributed by atoms with Gasteiger partial charge in [-0.15, -0.1) is 0 Å². The number of rotatable bonds is 3. The molecule has 0 atom stereocenters. The minimum Gasteiger partial charge on any atom is -0.462 e. The zero-order chi connectivity index (χ0) is 11.5. The normalized spacial score (nSPS) is 10.4. The van der Waals surface area contributed by atoms with Gasteiger partial charge in [0, 0.05) is 6.07 Å². The second-order valence-electron chi connectivity index (χ2n) is 3.28. The average molecular weight is 220 g/mol. The van der Waals surface area contributed by atoms with Gasteiger partial charge in [-0.1, -0.05) is 0 Å². The predicted molar refractivity (Wildman–Crippen MR) is 57.1 cm³/mol. The van der Waals surface area contributed by atoms with E-state index in [9.17, 15) is 4.79 Å². The van der Waals surface area contributed by atoms with Gasteiger partial charge in [0.15, 0.2) is 11.5 Å². The van der Waals surface area contributed by atoms with Crippen LogP contribution in [0.1, 0.15) is 23.0 Å². The highest BCUT2D eigenvalue weighted by molar-refractivity contribution is 5.91. The summed E-state index contributed by atoms with van der Waals surface area (Å²) in [6, 6.07) is 5.16. The van der Waals surface area contributed by atoms with E-state index in [-0.39, 0.29) is 5.97 Å². The molecule has 2 heterocycles. The summed E-state index contributed by atoms with van der Waals surface area (Å²) in [6.07, 6.45) is 1.55. The molecule has 0 aliphatic heterocycles. The SMILES string of the molecule is CCOC(=O)c1cc(-c2ccco2)oc1C. The van der Waals surface area contributed by atoms with E-state index >= 15 is 0 Å². The van der Waals surface area contributed by atoms with E-state index in [0.29, 0.717) is 29.5 Å². The second-order valence-corrected chi connectivity index (χ2v) is 3.28. The van der Waals surface area contributed by atoms with Crippen molar-refractivity contribution >= 4 is 5.97 Å². The van der Waals surface area contributed by atoms with E-state index in [4.69, 9.17) is 13.6 Å². The van der Waals surface area contributed by atoms with Crippen molar-refractivity contribution in [1.82, 2.24) is 0 Å². The minimum atomic E-state index is -0.374. The van der Waals surface area contributed by atoms with Crippen LogP contribution in [0.4, 0.5) is 0 Å². The Labute approximate surface area is 92.8 Å². The standard InChI is InChI=1S/C12H12O4/c1-3-14-12(13)9-7-11(16-8(9)2)10-5-4-6-15-10/h4-7H,3H2,1-2H3. The highest BCUT2D eigenvalue weighted by atomic mass is 16.5. The molecule has 2 rings (SSSR count). The molecule has 0 saturated heterocycles. The Hall–Kier alpha value is -1.97. The third kappa shape index (κ3) is 1.86. The van der Waals surface area contributed by atoms with E-state index in [1.54, 1.807) is 38.3 Å². The molecule has 0 aromatic carbocycles. The van der Waals surface area contributed by atoms with Crippen LogP contribution in [-0.4, -0.2) is 12.6 Å². The summed E-state index contributed by atoms with van der Waals surface area (Å²) in [5.74, 6) is 1.29. The molecular weight excluding hydrogens is 208 g/mol. The number of aryl methyl sites for hydroxylation is 1. The first kappa shape index (κ1) is 10.5. The van der Waals surface area contributed by atoms with Crippen LogP contribution in [0, 0.1) is 6.92 Å². The molecule has 0 amide bonds. The highest BCUT2D eigenvalue weighted by Gasteiger charge is 2.17. The molecule has 0 aliphatic carbocycles. The fourth-order valence-corrected chi connectivity index (χ4v) is 1.43. The van der Waals surface area contributed by atoms with Gasteiger partial charge in [0.25, 0.3) is 0 Å². The lowest BCUT2D eigenvalue weighted by molar-refractivity contribution is 0.0524. The summed E-state index contributed by atoms with van der Waals surface area (Å²) in [7, 11) is 0. The van der Waals surface area contributed by atoms with Crippen LogP contribution in [0.2, 0.25) is 0 Å². The van der Waals surface area contributed by atoms with Gasteiger partial charge >= 0.3 is 5.97 Å². The fourth-order valence-electron chi connectivity index (χ4n) is 1.43. The van der Waals surface area contributed by atoms with Gasteiger partial charge in [0.05, 0.1) is 12.9 Å². The van der Waals surface area contributed by atoms with Gasteiger partial charge in [0.1, 0.15) is 11.3 Å². The van der Waals surface area contributed by atoms with Gasteiger partial charge in [-0.05, 0) is 26.0 Å². The maximum absolute atomic E-state index is 11.5. The van der Waals surface area contributed by atoms with Crippen LogP contribution in [0.3, 0.4) is 0 Å². The van der Waals surface area contributed by atoms with E-state index in [1.807, 2.05) is 0 Å². The van der Waals surface area contributed by atoms with Crippen molar-refractivity contribution in [3.05, 3.63) is 35.8 Å². The average Bonchev–Trinajstić information content (AvgIpc) is 2.86. The van der Waals surface area contributed by atoms with E-state index in [2.05, 4.69) is 0 Å². The van der Waals surface area contributed by atoms with E-state index < -0.39 is 0 Å². The maximum atomic E-state index is 11.5. The molecule has 0 bridgehead atoms. The maximum Gasteiger partial charge on any atom is 0.341 e. The third-order valence-corrected chi connectivity index (χ3v) is 2.18. The van der Waals surface area contributed by atoms with Crippen LogP contribution < -0.4 is 0 Å². The summed E-state index contributed by atoms with van der Waals surface area (Å²) in [5.41, 5.74) is 0.438. The molecule has 0 spiro atoms. The number of hydrogen-bond acceptors (Lipinski definition) is 4. The number of ether oxygens (including phenoxy) is 1. The topological polar surface area (TPSA) is 52.6 Å². The lowest BCUT2D eigenvalue weighted by atomic mass is 10.2. The molecule has 0 aliphatic rings. The Kier molecular flexibility index (Phi) is 2.81. The lowest BCUT2D eigenvalue weighted by Gasteiger charge is -1.97. The predicted octanol–water partition coefficient (Wildman–Crippen LogP) is 3.02. The summed E-state index contributed by atoms with van der Waals surface area (Å²) in [6.45, 7) is 3.83. The first-order chi connectivity index (χ1) is 7.72. The van der Waals surface area contributed by atoms with Gasteiger partial charge in [-0.25, -0.2) is 4.79 Å². The molecule has 2 aromatic rings. The van der Waals surface area contributed by atoms with Crippen molar-refractivity contribution in [1.29, 1.82) is 0 Å². The van der Waals surface area contributed by atoms with Crippen LogP contribution in [0.5, 0.6) is 0 Å². The van der Waals surface area contributed by atoms with Crippen molar-refractivity contribution in [2.75, 3.05) is 6.61 Å². The molecule has 0 unspecified atom stereocenters. The molecule has 0 radical (unpaired) electrons. The quantitative estimate of drug-likeness (QED) is 0.746. The first-order valence-corrected chi connectivity index (χ1v) is 5.03. The molecular formula is C12H12O4. The fraction of sp³-hybridized carbons (Fsp3) is 0.250. The van der Waals surface area contributed by atoms with Crippen molar-refractivity contribution in [2.45, 2.75) is 13.8 Å². The molecule has 16 heavy (non-hydrogen) atoms. The van der Waals surface area contributed by atoms with Gasteiger partial charge in [0.2, 0.25) is 0 Å². The van der Waals surface area contributed by atoms with Gasteiger partial charge < -0.3 is 13.6 Å². The summed E-state index contributed by atoms with van der Waals surface area (Å²) in [4.78, 5) is 11.5. The minimum absolute atomic E-state index is 0.347. The van der Waals surface area contributed by atoms with Crippen LogP contribution in [-0.2, 0) is 4.74 Å². The highest BCUT2D eigenvalue weighted by Crippen LogP contribution is 2.26. The number of carbonyl (C=O) groups excluding carboxylic acids is 1. The largest absolute Gasteiger partial charge is 0.462 e. The Morgan fingerprint density at radius 2 is 2.25 bits per heavy atom. The van der Waals surface area contributed by atoms with Gasteiger partial charge in [-0.2, -0.15) is 0 Å². The van der Waals surface area contributed by atoms with E-state index in [1.165, 1.54) is 0 Å². The van der Waals surface area contributed by atoms with Crippen LogP contribution in [0.15, 0.2) is 33.3 Å². The molecule has 0 fully saturated rings. The summed E-state index contributed by atoms with van der Waals surface area (Å²) >= 11 is 0. The summed E-state index contributed by atoms with van der Waals surface area (Å²) < 4.78 is 15.5. The van der Waals surface area contributed by atoms with Crippen LogP contribution >= 0.6 is 0 Å². The molecule has 0 saturated carbocycles. The van der Waals surface area contributed by atoms with E-state index in [0.717, 1.165) is 0 Å². The monoisotopic (exact) mass is 220 g/mol. The Balaban J connectivity index is 2.32.